The van der Waals surface area contributed by atoms with Gasteiger partial charge in [0.25, 0.3) is 5.91 Å². The highest BCUT2D eigenvalue weighted by Gasteiger charge is 2.51. The summed E-state index contributed by atoms with van der Waals surface area (Å²) < 4.78 is 0. The SMILES string of the molecule is CCN(C(C)=O)c1nc(CN2C(=O)NC3(CCCCC3)C2=O)cs1. The van der Waals surface area contributed by atoms with E-state index in [1.807, 2.05) is 6.92 Å². The lowest BCUT2D eigenvalue weighted by atomic mass is 9.82. The number of aromatic nitrogens is 1. The number of anilines is 1. The van der Waals surface area contributed by atoms with Crippen LogP contribution in [0.1, 0.15) is 51.6 Å². The summed E-state index contributed by atoms with van der Waals surface area (Å²) in [5, 5.41) is 5.29. The van der Waals surface area contributed by atoms with Crippen LogP contribution in [0.3, 0.4) is 0 Å². The Bertz CT molecular complexity index is 666. The summed E-state index contributed by atoms with van der Waals surface area (Å²) in [5.74, 6) is -0.213. The lowest BCUT2D eigenvalue weighted by Crippen LogP contribution is -2.48. The normalized spacial score (nSPS) is 19.7. The van der Waals surface area contributed by atoms with Crippen LogP contribution in [0.25, 0.3) is 0 Å². The topological polar surface area (TPSA) is 82.6 Å². The van der Waals surface area contributed by atoms with Crippen LogP contribution in [0, 0.1) is 0 Å². The van der Waals surface area contributed by atoms with Gasteiger partial charge in [-0.15, -0.1) is 11.3 Å². The highest BCUT2D eigenvalue weighted by atomic mass is 32.1. The molecule has 4 amide bonds. The van der Waals surface area contributed by atoms with E-state index in [1.54, 1.807) is 10.3 Å². The van der Waals surface area contributed by atoms with Gasteiger partial charge in [0.15, 0.2) is 5.13 Å². The van der Waals surface area contributed by atoms with Gasteiger partial charge in [-0.2, -0.15) is 0 Å². The van der Waals surface area contributed by atoms with E-state index < -0.39 is 5.54 Å². The maximum atomic E-state index is 12.8. The third-order valence-electron chi connectivity index (χ3n) is 4.74. The minimum Gasteiger partial charge on any atom is -0.323 e. The Labute approximate surface area is 145 Å². The van der Waals surface area contributed by atoms with Gasteiger partial charge in [0.2, 0.25) is 5.91 Å². The summed E-state index contributed by atoms with van der Waals surface area (Å²) in [5.41, 5.74) is -0.0747. The van der Waals surface area contributed by atoms with Crippen LogP contribution < -0.4 is 10.2 Å². The Morgan fingerprint density at radius 2 is 2.08 bits per heavy atom. The molecule has 2 fully saturated rings. The van der Waals surface area contributed by atoms with E-state index in [9.17, 15) is 14.4 Å². The third-order valence-corrected chi connectivity index (χ3v) is 5.65. The van der Waals surface area contributed by atoms with E-state index in [1.165, 1.54) is 23.2 Å². The molecule has 1 N–H and O–H groups in total. The maximum absolute atomic E-state index is 12.8. The number of hydrogen-bond acceptors (Lipinski definition) is 5. The van der Waals surface area contributed by atoms with Crippen molar-refractivity contribution in [1.82, 2.24) is 15.2 Å². The molecule has 8 heteroatoms. The molecule has 1 aliphatic heterocycles. The monoisotopic (exact) mass is 350 g/mol. The van der Waals surface area contributed by atoms with Gasteiger partial charge in [-0.1, -0.05) is 19.3 Å². The van der Waals surface area contributed by atoms with Crippen molar-refractivity contribution in [2.75, 3.05) is 11.4 Å². The molecule has 0 unspecified atom stereocenters. The van der Waals surface area contributed by atoms with Gasteiger partial charge in [0.1, 0.15) is 5.54 Å². The molecule has 0 atom stereocenters. The Hall–Kier alpha value is -1.96. The third kappa shape index (κ3) is 2.90. The first-order valence-electron chi connectivity index (χ1n) is 8.33. The molecule has 3 rings (SSSR count). The maximum Gasteiger partial charge on any atom is 0.325 e. The highest BCUT2D eigenvalue weighted by molar-refractivity contribution is 7.14. The summed E-state index contributed by atoms with van der Waals surface area (Å²) in [4.78, 5) is 43.9. The molecule has 0 aromatic carbocycles. The predicted molar refractivity (Wildman–Crippen MR) is 90.7 cm³/mol. The molecule has 2 aliphatic rings. The lowest BCUT2D eigenvalue weighted by molar-refractivity contribution is -0.132. The summed E-state index contributed by atoms with van der Waals surface area (Å²) in [7, 11) is 0. The number of thiazole rings is 1. The number of nitrogens with one attached hydrogen (secondary N) is 1. The molecule has 1 saturated heterocycles. The van der Waals surface area contributed by atoms with E-state index in [0.717, 1.165) is 19.3 Å². The van der Waals surface area contributed by atoms with Crippen LogP contribution in [-0.2, 0) is 16.1 Å². The van der Waals surface area contributed by atoms with Crippen molar-refractivity contribution in [3.63, 3.8) is 0 Å². The lowest BCUT2D eigenvalue weighted by Gasteiger charge is -2.30. The van der Waals surface area contributed by atoms with Gasteiger partial charge >= 0.3 is 6.03 Å². The van der Waals surface area contributed by atoms with Crippen molar-refractivity contribution >= 4 is 34.3 Å². The fourth-order valence-corrected chi connectivity index (χ4v) is 4.39. The standard InChI is InChI=1S/C16H22N4O3S/c1-3-19(11(2)21)15-17-12(10-24-15)9-20-13(22)16(18-14(20)23)7-5-4-6-8-16/h10H,3-9H2,1-2H3,(H,18,23). The molecule has 1 aromatic rings. The van der Waals surface area contributed by atoms with Crippen molar-refractivity contribution in [3.8, 4) is 0 Å². The van der Waals surface area contributed by atoms with E-state index in [4.69, 9.17) is 0 Å². The van der Waals surface area contributed by atoms with Gasteiger partial charge < -0.3 is 5.32 Å². The van der Waals surface area contributed by atoms with Crippen molar-refractivity contribution in [3.05, 3.63) is 11.1 Å². The molecule has 130 valence electrons. The van der Waals surface area contributed by atoms with Crippen molar-refractivity contribution < 1.29 is 14.4 Å². The summed E-state index contributed by atoms with van der Waals surface area (Å²) in [6, 6.07) is -0.338. The van der Waals surface area contributed by atoms with Gasteiger partial charge in [-0.3, -0.25) is 19.4 Å². The number of nitrogens with zero attached hydrogens (tertiary/aromatic N) is 3. The summed E-state index contributed by atoms with van der Waals surface area (Å²) >= 11 is 1.35. The van der Waals surface area contributed by atoms with Crippen LogP contribution in [0.2, 0.25) is 0 Å². The molecule has 7 nitrogen and oxygen atoms in total. The molecule has 24 heavy (non-hydrogen) atoms. The first-order chi connectivity index (χ1) is 11.5. The second-order valence-electron chi connectivity index (χ2n) is 6.35. The number of rotatable bonds is 4. The van der Waals surface area contributed by atoms with Crippen molar-refractivity contribution in [2.24, 2.45) is 0 Å². The number of amides is 4. The molecule has 1 spiro atoms. The van der Waals surface area contributed by atoms with E-state index in [0.29, 0.717) is 30.2 Å². The first-order valence-corrected chi connectivity index (χ1v) is 9.21. The number of hydrogen-bond donors (Lipinski definition) is 1. The van der Waals surface area contributed by atoms with Gasteiger partial charge in [-0.05, 0) is 19.8 Å². The zero-order valence-electron chi connectivity index (χ0n) is 14.0. The van der Waals surface area contributed by atoms with Crippen molar-refractivity contribution in [2.45, 2.75) is 58.0 Å². The molecule has 1 saturated carbocycles. The Kier molecular flexibility index (Phi) is 4.58. The largest absolute Gasteiger partial charge is 0.325 e. The molecule has 0 bridgehead atoms. The van der Waals surface area contributed by atoms with Gasteiger partial charge in [0, 0.05) is 18.8 Å². The van der Waals surface area contributed by atoms with E-state index >= 15 is 0 Å². The molecular formula is C16H22N4O3S. The summed E-state index contributed by atoms with van der Waals surface area (Å²) in [6.07, 6.45) is 4.46. The average Bonchev–Trinajstić information content (AvgIpc) is 3.08. The number of carbonyl (C=O) groups excluding carboxylic acids is 3. The van der Waals surface area contributed by atoms with Crippen LogP contribution in [0.4, 0.5) is 9.93 Å². The minimum absolute atomic E-state index is 0.0745. The quantitative estimate of drug-likeness (QED) is 0.845. The van der Waals surface area contributed by atoms with Gasteiger partial charge in [0.05, 0.1) is 12.2 Å². The number of imide groups is 1. The Morgan fingerprint density at radius 1 is 1.38 bits per heavy atom. The van der Waals surface area contributed by atoms with E-state index in [2.05, 4.69) is 10.3 Å². The molecule has 1 aliphatic carbocycles. The minimum atomic E-state index is -0.705. The Balaban J connectivity index is 1.74. The highest BCUT2D eigenvalue weighted by Crippen LogP contribution is 2.34. The van der Waals surface area contributed by atoms with Crippen molar-refractivity contribution in [1.29, 1.82) is 0 Å². The number of urea groups is 1. The molecule has 0 radical (unpaired) electrons. The molecule has 2 heterocycles. The fraction of sp³-hybridized carbons (Fsp3) is 0.625. The fourth-order valence-electron chi connectivity index (χ4n) is 3.46. The zero-order valence-corrected chi connectivity index (χ0v) is 14.8. The second kappa shape index (κ2) is 6.51. The van der Waals surface area contributed by atoms with Crippen LogP contribution in [0.5, 0.6) is 0 Å². The smallest absolute Gasteiger partial charge is 0.323 e. The number of carbonyl (C=O) groups is 3. The molecular weight excluding hydrogens is 328 g/mol. The average molecular weight is 350 g/mol. The van der Waals surface area contributed by atoms with E-state index in [-0.39, 0.29) is 24.4 Å². The molecule has 1 aromatic heterocycles. The van der Waals surface area contributed by atoms with Gasteiger partial charge in [-0.25, -0.2) is 9.78 Å². The van der Waals surface area contributed by atoms with Crippen LogP contribution in [0.15, 0.2) is 5.38 Å². The summed E-state index contributed by atoms with van der Waals surface area (Å²) in [6.45, 7) is 4.06. The first kappa shape index (κ1) is 16.9. The van der Waals surface area contributed by atoms with Crippen LogP contribution >= 0.6 is 11.3 Å². The Morgan fingerprint density at radius 3 is 2.71 bits per heavy atom. The zero-order chi connectivity index (χ0) is 17.3. The second-order valence-corrected chi connectivity index (χ2v) is 7.19. The van der Waals surface area contributed by atoms with Crippen LogP contribution in [-0.4, -0.2) is 39.8 Å². The predicted octanol–water partition coefficient (Wildman–Crippen LogP) is 2.27.